The topological polar surface area (TPSA) is 41.1 Å². The lowest BCUT2D eigenvalue weighted by Crippen LogP contribution is -2.19. The molecule has 0 aliphatic rings. The highest BCUT2D eigenvalue weighted by Crippen LogP contribution is 1.98. The van der Waals surface area contributed by atoms with Gasteiger partial charge < -0.3 is 10.2 Å². The molecule has 0 amide bonds. The monoisotopic (exact) mass is 236 g/mol. The van der Waals surface area contributed by atoms with Crippen molar-refractivity contribution in [1.82, 2.24) is 20.2 Å². The molecule has 0 unspecified atom stereocenters. The number of aromatic nitrogens is 2. The Morgan fingerprint density at radius 2 is 1.88 bits per heavy atom. The van der Waals surface area contributed by atoms with Crippen molar-refractivity contribution in [2.75, 3.05) is 27.2 Å². The van der Waals surface area contributed by atoms with E-state index >= 15 is 0 Å². The molecule has 0 aliphatic heterocycles. The van der Waals surface area contributed by atoms with Gasteiger partial charge in [0.05, 0.1) is 0 Å². The normalized spacial score (nSPS) is 11.4. The highest BCUT2D eigenvalue weighted by Gasteiger charge is 1.99. The molecule has 0 aromatic carbocycles. The fourth-order valence-electron chi connectivity index (χ4n) is 1.43. The summed E-state index contributed by atoms with van der Waals surface area (Å²) >= 11 is 0. The van der Waals surface area contributed by atoms with Crippen LogP contribution in [0.4, 0.5) is 0 Å². The van der Waals surface area contributed by atoms with E-state index in [1.807, 2.05) is 12.4 Å². The average molecular weight is 236 g/mol. The maximum atomic E-state index is 4.37. The van der Waals surface area contributed by atoms with E-state index in [2.05, 4.69) is 48.1 Å². The third kappa shape index (κ3) is 6.34. The largest absolute Gasteiger partial charge is 0.312 e. The molecule has 0 spiro atoms. The van der Waals surface area contributed by atoms with E-state index in [1.165, 1.54) is 0 Å². The Hall–Kier alpha value is -1.00. The van der Waals surface area contributed by atoms with Gasteiger partial charge in [0.1, 0.15) is 5.82 Å². The van der Waals surface area contributed by atoms with Crippen LogP contribution < -0.4 is 5.32 Å². The zero-order valence-electron chi connectivity index (χ0n) is 11.4. The van der Waals surface area contributed by atoms with Crippen LogP contribution in [0.15, 0.2) is 12.4 Å². The predicted octanol–water partition coefficient (Wildman–Crippen LogP) is 1.33. The molecule has 0 aliphatic carbocycles. The van der Waals surface area contributed by atoms with Crippen LogP contribution in [0.3, 0.4) is 0 Å². The van der Waals surface area contributed by atoms with E-state index in [9.17, 15) is 0 Å². The van der Waals surface area contributed by atoms with Crippen molar-refractivity contribution in [3.8, 4) is 0 Å². The van der Waals surface area contributed by atoms with Gasteiger partial charge in [0.2, 0.25) is 0 Å². The van der Waals surface area contributed by atoms with Gasteiger partial charge in [0.25, 0.3) is 0 Å². The molecule has 4 nitrogen and oxygen atoms in total. The van der Waals surface area contributed by atoms with Crippen LogP contribution in [0.2, 0.25) is 0 Å². The quantitative estimate of drug-likeness (QED) is 0.775. The molecule has 1 heterocycles. The van der Waals surface area contributed by atoms with Crippen molar-refractivity contribution in [2.45, 2.75) is 26.8 Å². The van der Waals surface area contributed by atoms with E-state index in [-0.39, 0.29) is 0 Å². The first-order chi connectivity index (χ1) is 8.08. The van der Waals surface area contributed by atoms with Gasteiger partial charge in [-0.15, -0.1) is 0 Å². The van der Waals surface area contributed by atoms with Crippen molar-refractivity contribution in [3.05, 3.63) is 23.8 Å². The van der Waals surface area contributed by atoms with Gasteiger partial charge in [0, 0.05) is 37.5 Å². The third-order valence-corrected chi connectivity index (χ3v) is 2.42. The minimum Gasteiger partial charge on any atom is -0.312 e. The number of nitrogens with one attached hydrogen (secondary N) is 1. The lowest BCUT2D eigenvalue weighted by molar-refractivity contribution is 0.409. The second kappa shape index (κ2) is 7.35. The second-order valence-corrected chi connectivity index (χ2v) is 5.09. The number of rotatable bonds is 7. The first-order valence-corrected chi connectivity index (χ1v) is 6.23. The minimum atomic E-state index is 0.676. The summed E-state index contributed by atoms with van der Waals surface area (Å²) in [5.41, 5.74) is 1.15. The summed E-state index contributed by atoms with van der Waals surface area (Å²) in [6.07, 6.45) is 4.75. The summed E-state index contributed by atoms with van der Waals surface area (Å²) in [4.78, 5) is 10.9. The maximum Gasteiger partial charge on any atom is 0.129 e. The van der Waals surface area contributed by atoms with Crippen LogP contribution in [0, 0.1) is 5.92 Å². The van der Waals surface area contributed by atoms with Crippen molar-refractivity contribution >= 4 is 0 Å². The molecule has 0 atom stereocenters. The number of hydrogen-bond acceptors (Lipinski definition) is 4. The Bertz CT molecular complexity index is 306. The molecule has 1 N–H and O–H groups in total. The molecular weight excluding hydrogens is 212 g/mol. The molecule has 0 radical (unpaired) electrons. The molecule has 0 saturated heterocycles. The number of hydrogen-bond donors (Lipinski definition) is 1. The number of nitrogens with zero attached hydrogens (tertiary/aromatic N) is 3. The van der Waals surface area contributed by atoms with Gasteiger partial charge >= 0.3 is 0 Å². The lowest BCUT2D eigenvalue weighted by Gasteiger charge is -2.09. The van der Waals surface area contributed by atoms with Gasteiger partial charge in [-0.2, -0.15) is 0 Å². The summed E-state index contributed by atoms with van der Waals surface area (Å²) < 4.78 is 0. The van der Waals surface area contributed by atoms with E-state index in [4.69, 9.17) is 0 Å². The van der Waals surface area contributed by atoms with E-state index in [0.29, 0.717) is 5.92 Å². The van der Waals surface area contributed by atoms with Crippen LogP contribution in [-0.4, -0.2) is 42.1 Å². The van der Waals surface area contributed by atoms with Crippen LogP contribution in [0.25, 0.3) is 0 Å². The molecule has 1 aromatic rings. The Morgan fingerprint density at radius 3 is 2.41 bits per heavy atom. The second-order valence-electron chi connectivity index (χ2n) is 5.09. The Morgan fingerprint density at radius 1 is 1.24 bits per heavy atom. The van der Waals surface area contributed by atoms with Gasteiger partial charge in [-0.25, -0.2) is 9.97 Å². The molecule has 1 rings (SSSR count). The Kier molecular flexibility index (Phi) is 6.08. The SMILES string of the molecule is CC(C)CNCc1cnc(CCN(C)C)nc1. The summed E-state index contributed by atoms with van der Waals surface area (Å²) in [5, 5.41) is 3.38. The van der Waals surface area contributed by atoms with Crippen LogP contribution in [0.5, 0.6) is 0 Å². The zero-order chi connectivity index (χ0) is 12.7. The minimum absolute atomic E-state index is 0.676. The fourth-order valence-corrected chi connectivity index (χ4v) is 1.43. The smallest absolute Gasteiger partial charge is 0.129 e. The fraction of sp³-hybridized carbons (Fsp3) is 0.692. The molecule has 4 heteroatoms. The van der Waals surface area contributed by atoms with Crippen molar-refractivity contribution < 1.29 is 0 Å². The Balaban J connectivity index is 2.34. The van der Waals surface area contributed by atoms with Crippen LogP contribution >= 0.6 is 0 Å². The van der Waals surface area contributed by atoms with Gasteiger partial charge in [-0.3, -0.25) is 0 Å². The predicted molar refractivity (Wildman–Crippen MR) is 70.8 cm³/mol. The van der Waals surface area contributed by atoms with Crippen molar-refractivity contribution in [3.63, 3.8) is 0 Å². The molecule has 1 aromatic heterocycles. The summed E-state index contributed by atoms with van der Waals surface area (Å²) in [5.74, 6) is 1.60. The van der Waals surface area contributed by atoms with Crippen molar-refractivity contribution in [2.24, 2.45) is 5.92 Å². The summed E-state index contributed by atoms with van der Waals surface area (Å²) in [6, 6.07) is 0. The van der Waals surface area contributed by atoms with Gasteiger partial charge in [-0.1, -0.05) is 13.8 Å². The maximum absolute atomic E-state index is 4.37. The molecular formula is C13H24N4. The van der Waals surface area contributed by atoms with E-state index < -0.39 is 0 Å². The third-order valence-electron chi connectivity index (χ3n) is 2.42. The Labute approximate surface area is 104 Å². The molecule has 96 valence electrons. The van der Waals surface area contributed by atoms with Crippen LogP contribution in [-0.2, 0) is 13.0 Å². The average Bonchev–Trinajstić information content (AvgIpc) is 2.27. The first kappa shape index (κ1) is 14.1. The molecule has 0 fully saturated rings. The van der Waals surface area contributed by atoms with Gasteiger partial charge in [0.15, 0.2) is 0 Å². The number of likely N-dealkylation sites (N-methyl/N-ethyl adjacent to an activating group) is 1. The summed E-state index contributed by atoms with van der Waals surface area (Å²) in [6.45, 7) is 7.28. The van der Waals surface area contributed by atoms with Crippen molar-refractivity contribution in [1.29, 1.82) is 0 Å². The summed E-state index contributed by atoms with van der Waals surface area (Å²) in [7, 11) is 4.12. The van der Waals surface area contributed by atoms with E-state index in [0.717, 1.165) is 37.4 Å². The highest BCUT2D eigenvalue weighted by atomic mass is 15.1. The standard InChI is InChI=1S/C13H24N4/c1-11(2)7-14-8-12-9-15-13(16-10-12)5-6-17(3)4/h9-11,14H,5-8H2,1-4H3. The lowest BCUT2D eigenvalue weighted by atomic mass is 10.2. The first-order valence-electron chi connectivity index (χ1n) is 6.23. The van der Waals surface area contributed by atoms with Gasteiger partial charge in [-0.05, 0) is 26.6 Å². The van der Waals surface area contributed by atoms with E-state index in [1.54, 1.807) is 0 Å². The molecule has 0 bridgehead atoms. The zero-order valence-corrected chi connectivity index (χ0v) is 11.4. The highest BCUT2D eigenvalue weighted by molar-refractivity contribution is 5.05. The molecule has 0 saturated carbocycles. The molecule has 17 heavy (non-hydrogen) atoms. The van der Waals surface area contributed by atoms with Crippen LogP contribution in [0.1, 0.15) is 25.2 Å².